The van der Waals surface area contributed by atoms with Gasteiger partial charge in [0.05, 0.1) is 0 Å². The zero-order valence-electron chi connectivity index (χ0n) is 11.7. The molecule has 0 aromatic heterocycles. The second-order valence-electron chi connectivity index (χ2n) is 6.76. The minimum atomic E-state index is 0.460. The first-order valence-electron chi connectivity index (χ1n) is 8.07. The number of rotatable bonds is 4. The minimum Gasteiger partial charge on any atom is -0.340 e. The van der Waals surface area contributed by atoms with Crippen LogP contribution in [-0.2, 0) is 4.79 Å². The highest BCUT2D eigenvalue weighted by Crippen LogP contribution is 2.49. The number of hydrogen-bond donors (Lipinski definition) is 0. The van der Waals surface area contributed by atoms with Crippen molar-refractivity contribution in [2.24, 2.45) is 17.8 Å². The zero-order valence-corrected chi connectivity index (χ0v) is 11.7. The van der Waals surface area contributed by atoms with Crippen LogP contribution in [0, 0.1) is 17.8 Å². The van der Waals surface area contributed by atoms with E-state index in [9.17, 15) is 4.79 Å². The zero-order chi connectivity index (χ0) is 12.5. The number of fused-ring (bicyclic) bond motifs is 2. The summed E-state index contributed by atoms with van der Waals surface area (Å²) in [4.78, 5) is 14.7. The van der Waals surface area contributed by atoms with Crippen molar-refractivity contribution >= 4 is 5.91 Å². The van der Waals surface area contributed by atoms with E-state index in [-0.39, 0.29) is 0 Å². The van der Waals surface area contributed by atoms with Crippen LogP contribution in [0.25, 0.3) is 0 Å². The summed E-state index contributed by atoms with van der Waals surface area (Å²) < 4.78 is 0. The van der Waals surface area contributed by atoms with Crippen molar-refractivity contribution < 1.29 is 4.79 Å². The molecule has 0 heterocycles. The molecule has 3 fully saturated rings. The smallest absolute Gasteiger partial charge is 0.223 e. The molecule has 0 radical (unpaired) electrons. The highest BCUT2D eigenvalue weighted by Gasteiger charge is 2.41. The molecular weight excluding hydrogens is 222 g/mol. The number of hydrogen-bond acceptors (Lipinski definition) is 1. The summed E-state index contributed by atoms with van der Waals surface area (Å²) >= 11 is 0. The van der Waals surface area contributed by atoms with Crippen LogP contribution < -0.4 is 0 Å². The van der Waals surface area contributed by atoms with E-state index in [0.717, 1.165) is 30.7 Å². The Morgan fingerprint density at radius 2 is 1.89 bits per heavy atom. The molecule has 0 aromatic carbocycles. The van der Waals surface area contributed by atoms with Crippen molar-refractivity contribution in [3.05, 3.63) is 0 Å². The first kappa shape index (κ1) is 12.5. The molecule has 1 amide bonds. The Morgan fingerprint density at radius 1 is 1.11 bits per heavy atom. The van der Waals surface area contributed by atoms with Gasteiger partial charge in [0.2, 0.25) is 5.91 Å². The van der Waals surface area contributed by atoms with Gasteiger partial charge >= 0.3 is 0 Å². The van der Waals surface area contributed by atoms with Gasteiger partial charge in [-0.3, -0.25) is 4.79 Å². The molecule has 2 bridgehead atoms. The average molecular weight is 249 g/mol. The van der Waals surface area contributed by atoms with E-state index in [1.165, 1.54) is 51.4 Å². The summed E-state index contributed by atoms with van der Waals surface area (Å²) in [5, 5.41) is 0. The predicted molar refractivity (Wildman–Crippen MR) is 73.2 cm³/mol. The number of carbonyl (C=O) groups is 1. The summed E-state index contributed by atoms with van der Waals surface area (Å²) in [6.07, 6.45) is 11.6. The molecule has 0 saturated heterocycles. The van der Waals surface area contributed by atoms with E-state index < -0.39 is 0 Å². The second-order valence-corrected chi connectivity index (χ2v) is 6.76. The van der Waals surface area contributed by atoms with E-state index in [1.807, 2.05) is 0 Å². The first-order chi connectivity index (χ1) is 8.78. The fraction of sp³-hybridized carbons (Fsp3) is 0.938. The third-order valence-electron chi connectivity index (χ3n) is 5.75. The summed E-state index contributed by atoms with van der Waals surface area (Å²) in [5.41, 5.74) is 0. The largest absolute Gasteiger partial charge is 0.340 e. The fourth-order valence-electron chi connectivity index (χ4n) is 4.82. The molecule has 3 aliphatic carbocycles. The maximum atomic E-state index is 12.5. The topological polar surface area (TPSA) is 20.3 Å². The molecule has 3 atom stereocenters. The number of nitrogens with zero attached hydrogens (tertiary/aromatic N) is 1. The molecule has 0 spiro atoms. The number of carbonyl (C=O) groups excluding carboxylic acids is 1. The molecule has 2 nitrogen and oxygen atoms in total. The van der Waals surface area contributed by atoms with E-state index in [4.69, 9.17) is 0 Å². The Hall–Kier alpha value is -0.530. The van der Waals surface area contributed by atoms with Crippen molar-refractivity contribution in [3.63, 3.8) is 0 Å². The third kappa shape index (κ3) is 2.31. The summed E-state index contributed by atoms with van der Waals surface area (Å²) in [5.74, 6) is 3.05. The van der Waals surface area contributed by atoms with Gasteiger partial charge in [0.25, 0.3) is 0 Å². The summed E-state index contributed by atoms with van der Waals surface area (Å²) in [6.45, 7) is 3.07. The molecule has 0 aliphatic heterocycles. The van der Waals surface area contributed by atoms with E-state index >= 15 is 0 Å². The van der Waals surface area contributed by atoms with Crippen LogP contribution in [0.5, 0.6) is 0 Å². The molecule has 0 aromatic rings. The molecule has 0 unspecified atom stereocenters. The van der Waals surface area contributed by atoms with Crippen LogP contribution in [-0.4, -0.2) is 23.4 Å². The van der Waals surface area contributed by atoms with Gasteiger partial charge in [-0.1, -0.05) is 19.3 Å². The van der Waals surface area contributed by atoms with Crippen molar-refractivity contribution in [1.29, 1.82) is 0 Å². The van der Waals surface area contributed by atoms with Crippen LogP contribution in [0.3, 0.4) is 0 Å². The first-order valence-corrected chi connectivity index (χ1v) is 8.07. The van der Waals surface area contributed by atoms with Gasteiger partial charge in [-0.05, 0) is 56.8 Å². The molecule has 3 saturated carbocycles. The highest BCUT2D eigenvalue weighted by molar-refractivity contribution is 5.77. The molecular formula is C16H27NO. The lowest BCUT2D eigenvalue weighted by Crippen LogP contribution is -2.39. The van der Waals surface area contributed by atoms with Crippen molar-refractivity contribution in [2.45, 2.75) is 70.8 Å². The van der Waals surface area contributed by atoms with Crippen LogP contribution >= 0.6 is 0 Å². The van der Waals surface area contributed by atoms with Crippen LogP contribution in [0.2, 0.25) is 0 Å². The van der Waals surface area contributed by atoms with Gasteiger partial charge in [-0.15, -0.1) is 0 Å². The Bertz CT molecular complexity index is 308. The lowest BCUT2D eigenvalue weighted by Gasteiger charge is -2.30. The third-order valence-corrected chi connectivity index (χ3v) is 5.75. The second kappa shape index (κ2) is 5.22. The SMILES string of the molecule is CCN(C(=O)C[C@@H]1C[C@H]2CC[C@H]1C2)C1CCCC1. The average Bonchev–Trinajstić information content (AvgIpc) is 3.05. The Morgan fingerprint density at radius 3 is 2.44 bits per heavy atom. The maximum absolute atomic E-state index is 12.5. The van der Waals surface area contributed by atoms with Gasteiger partial charge in [-0.25, -0.2) is 0 Å². The lowest BCUT2D eigenvalue weighted by molar-refractivity contribution is -0.134. The van der Waals surface area contributed by atoms with Crippen molar-refractivity contribution in [3.8, 4) is 0 Å². The van der Waals surface area contributed by atoms with Crippen LogP contribution in [0.4, 0.5) is 0 Å². The van der Waals surface area contributed by atoms with E-state index in [0.29, 0.717) is 11.9 Å². The summed E-state index contributed by atoms with van der Waals surface area (Å²) in [6, 6.07) is 0.570. The van der Waals surface area contributed by atoms with Crippen molar-refractivity contribution in [1.82, 2.24) is 4.90 Å². The molecule has 3 aliphatic rings. The molecule has 3 rings (SSSR count). The van der Waals surface area contributed by atoms with E-state index in [1.54, 1.807) is 0 Å². The molecule has 0 N–H and O–H groups in total. The quantitative estimate of drug-likeness (QED) is 0.745. The Labute approximate surface area is 111 Å². The fourth-order valence-corrected chi connectivity index (χ4v) is 4.82. The normalized spacial score (nSPS) is 35.3. The van der Waals surface area contributed by atoms with Gasteiger partial charge in [-0.2, -0.15) is 0 Å². The van der Waals surface area contributed by atoms with Gasteiger partial charge in [0.1, 0.15) is 0 Å². The minimum absolute atomic E-state index is 0.460. The monoisotopic (exact) mass is 249 g/mol. The number of amides is 1. The highest BCUT2D eigenvalue weighted by atomic mass is 16.2. The van der Waals surface area contributed by atoms with Crippen LogP contribution in [0.1, 0.15) is 64.7 Å². The lowest BCUT2D eigenvalue weighted by atomic mass is 9.86. The van der Waals surface area contributed by atoms with Crippen molar-refractivity contribution in [2.75, 3.05) is 6.54 Å². The van der Waals surface area contributed by atoms with Gasteiger partial charge in [0, 0.05) is 19.0 Å². The van der Waals surface area contributed by atoms with E-state index in [2.05, 4.69) is 11.8 Å². The Kier molecular flexibility index (Phi) is 3.63. The molecule has 102 valence electrons. The maximum Gasteiger partial charge on any atom is 0.223 e. The molecule has 2 heteroatoms. The predicted octanol–water partition coefficient (Wildman–Crippen LogP) is 3.60. The van der Waals surface area contributed by atoms with Crippen LogP contribution in [0.15, 0.2) is 0 Å². The summed E-state index contributed by atoms with van der Waals surface area (Å²) in [7, 11) is 0. The Balaban J connectivity index is 1.56. The standard InChI is InChI=1S/C16H27NO/c1-2-17(15-5-3-4-6-15)16(18)11-14-10-12-7-8-13(14)9-12/h12-15H,2-11H2,1H3/t12-,13-,14-/m0/s1. The molecule has 18 heavy (non-hydrogen) atoms. The van der Waals surface area contributed by atoms with Gasteiger partial charge in [0.15, 0.2) is 0 Å². The van der Waals surface area contributed by atoms with Gasteiger partial charge < -0.3 is 4.90 Å².